The molecule has 1 unspecified atom stereocenters. The lowest BCUT2D eigenvalue weighted by Crippen LogP contribution is -2.43. The van der Waals surface area contributed by atoms with E-state index >= 15 is 0 Å². The van der Waals surface area contributed by atoms with E-state index in [1.165, 1.54) is 0 Å². The van der Waals surface area contributed by atoms with Crippen LogP contribution in [0.15, 0.2) is 24.4 Å². The van der Waals surface area contributed by atoms with Gasteiger partial charge in [0.2, 0.25) is 0 Å². The van der Waals surface area contributed by atoms with Crippen LogP contribution in [0.25, 0.3) is 10.9 Å². The van der Waals surface area contributed by atoms with Crippen molar-refractivity contribution in [1.29, 1.82) is 0 Å². The first-order chi connectivity index (χ1) is 8.13. The smallest absolute Gasteiger partial charge is 0.142 e. The Kier molecular flexibility index (Phi) is 3.01. The lowest BCUT2D eigenvalue weighted by molar-refractivity contribution is -0.307. The fraction of sp³-hybridized carbons (Fsp3) is 0.250. The number of aromatic nitrogens is 1. The molecule has 1 heterocycles. The van der Waals surface area contributed by atoms with E-state index in [1.54, 1.807) is 13.3 Å². The van der Waals surface area contributed by atoms with Gasteiger partial charge < -0.3 is 25.4 Å². The van der Waals surface area contributed by atoms with Gasteiger partial charge >= 0.3 is 0 Å². The number of hydrogen-bond acceptors (Lipinski definition) is 4. The standard InChI is InChI=1S/C12H14N2O3/c1-17-10-4-2-3-8-7(6-14-11(8)10)5-9(13)12(15)16/h2-4,6,9,14H,5,13H2,1H3,(H,15,16)/p-1. The molecule has 0 spiro atoms. The quantitative estimate of drug-likeness (QED) is 0.764. The van der Waals surface area contributed by atoms with Crippen molar-refractivity contribution in [2.24, 2.45) is 5.73 Å². The van der Waals surface area contributed by atoms with E-state index in [1.807, 2.05) is 18.2 Å². The molecule has 5 nitrogen and oxygen atoms in total. The third-order valence-electron chi connectivity index (χ3n) is 2.73. The number of nitrogens with one attached hydrogen (secondary N) is 1. The summed E-state index contributed by atoms with van der Waals surface area (Å²) in [6.45, 7) is 0. The van der Waals surface area contributed by atoms with Crippen LogP contribution in [0.1, 0.15) is 5.56 Å². The summed E-state index contributed by atoms with van der Waals surface area (Å²) in [6, 6.07) is 4.58. The van der Waals surface area contributed by atoms with Gasteiger partial charge in [0.1, 0.15) is 5.75 Å². The lowest BCUT2D eigenvalue weighted by atomic mass is 10.1. The van der Waals surface area contributed by atoms with Crippen molar-refractivity contribution >= 4 is 16.9 Å². The number of para-hydroxylation sites is 1. The fourth-order valence-electron chi connectivity index (χ4n) is 1.84. The highest BCUT2D eigenvalue weighted by Gasteiger charge is 2.11. The highest BCUT2D eigenvalue weighted by atomic mass is 16.5. The monoisotopic (exact) mass is 233 g/mol. The number of ether oxygens (including phenoxy) is 1. The first-order valence-corrected chi connectivity index (χ1v) is 5.23. The number of H-pyrrole nitrogens is 1. The average molecular weight is 233 g/mol. The second-order valence-corrected chi connectivity index (χ2v) is 3.83. The molecular formula is C12H13N2O3-. The van der Waals surface area contributed by atoms with Crippen LogP contribution in [0.5, 0.6) is 5.75 Å². The Morgan fingerprint density at radius 1 is 1.59 bits per heavy atom. The van der Waals surface area contributed by atoms with Crippen molar-refractivity contribution in [2.45, 2.75) is 12.5 Å². The predicted molar refractivity (Wildman–Crippen MR) is 61.5 cm³/mol. The van der Waals surface area contributed by atoms with E-state index in [0.717, 1.165) is 22.2 Å². The van der Waals surface area contributed by atoms with Crippen LogP contribution in [-0.4, -0.2) is 24.1 Å². The number of aromatic amines is 1. The summed E-state index contributed by atoms with van der Waals surface area (Å²) in [5, 5.41) is 11.5. The number of fused-ring (bicyclic) bond motifs is 1. The Morgan fingerprint density at radius 3 is 3.00 bits per heavy atom. The molecule has 1 aromatic carbocycles. The average Bonchev–Trinajstić information content (AvgIpc) is 2.72. The van der Waals surface area contributed by atoms with Crippen LogP contribution in [0.4, 0.5) is 0 Å². The molecule has 0 radical (unpaired) electrons. The fourth-order valence-corrected chi connectivity index (χ4v) is 1.84. The third-order valence-corrected chi connectivity index (χ3v) is 2.73. The molecular weight excluding hydrogens is 220 g/mol. The number of benzene rings is 1. The molecule has 1 aromatic heterocycles. The van der Waals surface area contributed by atoms with Crippen molar-refractivity contribution in [3.63, 3.8) is 0 Å². The molecule has 0 bridgehead atoms. The number of carbonyl (C=O) groups excluding carboxylic acids is 1. The summed E-state index contributed by atoms with van der Waals surface area (Å²) < 4.78 is 5.20. The maximum Gasteiger partial charge on any atom is 0.142 e. The molecule has 2 rings (SSSR count). The van der Waals surface area contributed by atoms with E-state index in [-0.39, 0.29) is 6.42 Å². The molecule has 0 saturated heterocycles. The van der Waals surface area contributed by atoms with E-state index in [4.69, 9.17) is 10.5 Å². The van der Waals surface area contributed by atoms with Crippen molar-refractivity contribution in [3.05, 3.63) is 30.0 Å². The van der Waals surface area contributed by atoms with Gasteiger partial charge in [0.05, 0.1) is 18.6 Å². The van der Waals surface area contributed by atoms with Crippen molar-refractivity contribution in [1.82, 2.24) is 4.98 Å². The molecule has 0 aliphatic carbocycles. The Labute approximate surface area is 98.2 Å². The van der Waals surface area contributed by atoms with Crippen LogP contribution in [-0.2, 0) is 11.2 Å². The van der Waals surface area contributed by atoms with Gasteiger partial charge in [-0.05, 0) is 18.1 Å². The topological polar surface area (TPSA) is 91.2 Å². The summed E-state index contributed by atoms with van der Waals surface area (Å²) in [5.41, 5.74) is 7.15. The van der Waals surface area contributed by atoms with Gasteiger partial charge in [-0.2, -0.15) is 0 Å². The zero-order chi connectivity index (χ0) is 12.4. The summed E-state index contributed by atoms with van der Waals surface area (Å²) in [7, 11) is 1.59. The van der Waals surface area contributed by atoms with Crippen LogP contribution >= 0.6 is 0 Å². The Bertz CT molecular complexity index is 548. The minimum absolute atomic E-state index is 0.232. The van der Waals surface area contributed by atoms with E-state index in [2.05, 4.69) is 4.98 Å². The first-order valence-electron chi connectivity index (χ1n) is 5.23. The van der Waals surface area contributed by atoms with E-state index in [9.17, 15) is 9.90 Å². The molecule has 0 amide bonds. The van der Waals surface area contributed by atoms with Crippen LogP contribution in [0.2, 0.25) is 0 Å². The number of carboxylic acids is 1. The van der Waals surface area contributed by atoms with E-state index in [0.29, 0.717) is 0 Å². The number of carboxylic acid groups (broad SMARTS) is 1. The largest absolute Gasteiger partial charge is 0.548 e. The molecule has 2 aromatic rings. The first kappa shape index (κ1) is 11.5. The Balaban J connectivity index is 2.40. The molecule has 0 aliphatic heterocycles. The van der Waals surface area contributed by atoms with Gasteiger partial charge in [-0.3, -0.25) is 0 Å². The van der Waals surface area contributed by atoms with Crippen molar-refractivity contribution in [2.75, 3.05) is 7.11 Å². The minimum Gasteiger partial charge on any atom is -0.548 e. The van der Waals surface area contributed by atoms with Gasteiger partial charge in [0.15, 0.2) is 0 Å². The molecule has 17 heavy (non-hydrogen) atoms. The van der Waals surface area contributed by atoms with Gasteiger partial charge in [0.25, 0.3) is 0 Å². The summed E-state index contributed by atoms with van der Waals surface area (Å²) >= 11 is 0. The van der Waals surface area contributed by atoms with Crippen LogP contribution in [0, 0.1) is 0 Å². The molecule has 90 valence electrons. The van der Waals surface area contributed by atoms with Gasteiger partial charge in [-0.15, -0.1) is 0 Å². The number of methoxy groups -OCH3 is 1. The minimum atomic E-state index is -1.25. The van der Waals surface area contributed by atoms with E-state index < -0.39 is 12.0 Å². The maximum absolute atomic E-state index is 10.6. The lowest BCUT2D eigenvalue weighted by Gasteiger charge is -2.11. The van der Waals surface area contributed by atoms with Gasteiger partial charge in [-0.1, -0.05) is 12.1 Å². The molecule has 5 heteroatoms. The number of rotatable bonds is 4. The highest BCUT2D eigenvalue weighted by molar-refractivity contribution is 5.88. The SMILES string of the molecule is COc1cccc2c(CC(N)C(=O)[O-])c[nH]c12. The predicted octanol–water partition coefficient (Wildman–Crippen LogP) is -0.204. The van der Waals surface area contributed by atoms with Crippen LogP contribution in [0.3, 0.4) is 0 Å². The Hall–Kier alpha value is -2.01. The summed E-state index contributed by atoms with van der Waals surface area (Å²) in [4.78, 5) is 13.7. The molecule has 0 fully saturated rings. The number of nitrogens with two attached hydrogens (primary N) is 1. The van der Waals surface area contributed by atoms with Gasteiger partial charge in [0, 0.05) is 17.6 Å². The Morgan fingerprint density at radius 2 is 2.35 bits per heavy atom. The molecule has 1 atom stereocenters. The summed E-state index contributed by atoms with van der Waals surface area (Å²) in [5.74, 6) is -0.530. The second-order valence-electron chi connectivity index (χ2n) is 3.83. The normalized spacial score (nSPS) is 12.6. The third kappa shape index (κ3) is 2.09. The van der Waals surface area contributed by atoms with Crippen LogP contribution < -0.4 is 15.6 Å². The van der Waals surface area contributed by atoms with Crippen molar-refractivity contribution in [3.8, 4) is 5.75 Å². The number of hydrogen-bond donors (Lipinski definition) is 2. The second kappa shape index (κ2) is 4.47. The maximum atomic E-state index is 10.6. The number of carbonyl (C=O) groups is 1. The number of aliphatic carboxylic acids is 1. The molecule has 0 aliphatic rings. The zero-order valence-corrected chi connectivity index (χ0v) is 9.40. The zero-order valence-electron chi connectivity index (χ0n) is 9.40. The molecule has 3 N–H and O–H groups in total. The van der Waals surface area contributed by atoms with Crippen molar-refractivity contribution < 1.29 is 14.6 Å². The molecule has 0 saturated carbocycles. The van der Waals surface area contributed by atoms with Gasteiger partial charge in [-0.25, -0.2) is 0 Å². The highest BCUT2D eigenvalue weighted by Crippen LogP contribution is 2.27. The summed E-state index contributed by atoms with van der Waals surface area (Å²) in [6.07, 6.45) is 1.98.